The molecule has 0 aliphatic heterocycles. The largest absolute Gasteiger partial charge is 0.481 e. The zero-order chi connectivity index (χ0) is 56.2. The molecule has 0 rings (SSSR count). The summed E-state index contributed by atoms with van der Waals surface area (Å²) in [4.78, 5) is 11.9. The number of aliphatic carboxylic acids is 1. The van der Waals surface area contributed by atoms with Crippen molar-refractivity contribution in [3.8, 4) is 0 Å². The molecule has 0 spiro atoms. The molecule has 0 saturated carbocycles. The Morgan fingerprint density at radius 3 is 0.577 bits per heavy atom. The second-order valence-corrected chi connectivity index (χ2v) is 25.7. The Morgan fingerprint density at radius 1 is 0.244 bits per heavy atom. The first-order valence-corrected chi connectivity index (χ1v) is 36.8. The predicted molar refractivity (Wildman–Crippen MR) is 351 cm³/mol. The van der Waals surface area contributed by atoms with Crippen molar-refractivity contribution in [1.82, 2.24) is 0 Å². The molecule has 3 nitrogen and oxygen atoms in total. The van der Waals surface area contributed by atoms with Crippen LogP contribution < -0.4 is 0 Å². The molecule has 2 atom stereocenters. The van der Waals surface area contributed by atoms with Crippen molar-refractivity contribution in [3.05, 3.63) is 24.3 Å². The number of carboxylic acid groups (broad SMARTS) is 1. The third-order valence-electron chi connectivity index (χ3n) is 17.8. The molecule has 2 unspecified atom stereocenters. The van der Waals surface area contributed by atoms with Gasteiger partial charge in [-0.1, -0.05) is 398 Å². The maximum absolute atomic E-state index is 11.9. The van der Waals surface area contributed by atoms with Gasteiger partial charge in [0.05, 0.1) is 12.0 Å². The summed E-state index contributed by atoms with van der Waals surface area (Å²) in [6, 6.07) is 0. The molecule has 0 heterocycles. The number of carbonyl (C=O) groups is 1. The van der Waals surface area contributed by atoms with Crippen molar-refractivity contribution < 1.29 is 15.0 Å². The van der Waals surface area contributed by atoms with Crippen LogP contribution in [0.3, 0.4) is 0 Å². The Balaban J connectivity index is 3.34. The number of hydrogen-bond donors (Lipinski definition) is 2. The minimum Gasteiger partial charge on any atom is -0.481 e. The summed E-state index contributed by atoms with van der Waals surface area (Å²) in [5.41, 5.74) is 0. The third-order valence-corrected chi connectivity index (χ3v) is 17.8. The van der Waals surface area contributed by atoms with E-state index >= 15 is 0 Å². The van der Waals surface area contributed by atoms with Gasteiger partial charge in [-0.05, 0) is 64.2 Å². The lowest BCUT2D eigenvalue weighted by Gasteiger charge is -2.19. The predicted octanol–water partition coefficient (Wildman–Crippen LogP) is 26.9. The van der Waals surface area contributed by atoms with E-state index < -0.39 is 18.0 Å². The van der Waals surface area contributed by atoms with Gasteiger partial charge in [-0.25, -0.2) is 0 Å². The zero-order valence-electron chi connectivity index (χ0n) is 53.9. The molecule has 0 aliphatic carbocycles. The van der Waals surface area contributed by atoms with Gasteiger partial charge in [0.25, 0.3) is 0 Å². The topological polar surface area (TPSA) is 57.5 Å². The molecule has 0 aromatic heterocycles. The molecular weight excluding hydrogens is 949 g/mol. The van der Waals surface area contributed by atoms with E-state index in [0.29, 0.717) is 12.8 Å². The molecule has 0 saturated heterocycles. The summed E-state index contributed by atoms with van der Waals surface area (Å²) in [6.07, 6.45) is 98.7. The fraction of sp³-hybridized carbons (Fsp3) is 0.933. The summed E-state index contributed by atoms with van der Waals surface area (Å²) >= 11 is 0. The maximum atomic E-state index is 11.9. The smallest absolute Gasteiger partial charge is 0.309 e. The summed E-state index contributed by atoms with van der Waals surface area (Å²) in [6.45, 7) is 4.60. The molecule has 2 N–H and O–H groups in total. The van der Waals surface area contributed by atoms with Gasteiger partial charge in [0, 0.05) is 0 Å². The first-order valence-electron chi connectivity index (χ1n) is 36.8. The van der Waals surface area contributed by atoms with Crippen LogP contribution in [0.2, 0.25) is 0 Å². The van der Waals surface area contributed by atoms with Crippen molar-refractivity contribution in [2.45, 2.75) is 444 Å². The number of rotatable bonds is 70. The van der Waals surface area contributed by atoms with Crippen LogP contribution in [-0.4, -0.2) is 22.3 Å². The lowest BCUT2D eigenvalue weighted by Crippen LogP contribution is -2.28. The quantitative estimate of drug-likeness (QED) is 0.0471. The van der Waals surface area contributed by atoms with E-state index in [-0.39, 0.29) is 0 Å². The van der Waals surface area contributed by atoms with Crippen LogP contribution >= 0.6 is 0 Å². The van der Waals surface area contributed by atoms with Crippen LogP contribution in [-0.2, 0) is 4.79 Å². The van der Waals surface area contributed by atoms with Crippen LogP contribution in [0.25, 0.3) is 0 Å². The van der Waals surface area contributed by atoms with Gasteiger partial charge < -0.3 is 10.2 Å². The van der Waals surface area contributed by atoms with Crippen LogP contribution in [0, 0.1) is 5.92 Å². The second kappa shape index (κ2) is 70.2. The zero-order valence-corrected chi connectivity index (χ0v) is 53.9. The third kappa shape index (κ3) is 65.7. The first-order chi connectivity index (χ1) is 38.6. The standard InChI is InChI=1S/C75H146O3/c1-3-5-7-9-11-13-15-17-19-21-23-25-26-27-28-29-30-31-32-33-34-35-36-37-38-39-40-41-42-43-44-45-46-47-48-49-50-51-52-54-56-58-60-62-64-66-68-70-72-74(76)73(75(77)78)71-69-67-65-63-61-59-57-55-53-24-22-20-18-16-14-12-10-8-6-4-2/h31-32,43-44,73-74,76H,3-30,33-42,45-72H2,1-2H3,(H,77,78)/b32-31-,44-43-. The van der Waals surface area contributed by atoms with Gasteiger partial charge >= 0.3 is 5.97 Å². The van der Waals surface area contributed by atoms with E-state index in [0.717, 1.165) is 25.7 Å². The highest BCUT2D eigenvalue weighted by molar-refractivity contribution is 5.70. The van der Waals surface area contributed by atoms with Crippen LogP contribution in [0.15, 0.2) is 24.3 Å². The fourth-order valence-electron chi connectivity index (χ4n) is 12.3. The normalized spacial score (nSPS) is 12.8. The van der Waals surface area contributed by atoms with Gasteiger partial charge in [-0.3, -0.25) is 4.79 Å². The van der Waals surface area contributed by atoms with Crippen molar-refractivity contribution in [3.63, 3.8) is 0 Å². The fourth-order valence-corrected chi connectivity index (χ4v) is 12.3. The SMILES string of the molecule is CCCCCCCCCCCCCCCCCC/C=C\CCCCCCCCCC/C=C\CCCCCCCCCCCCCCCCCCC(O)C(CCCCCCCCCCCCCCCCCCCCCC)C(=O)O. The van der Waals surface area contributed by atoms with Crippen molar-refractivity contribution >= 4 is 5.97 Å². The highest BCUT2D eigenvalue weighted by Gasteiger charge is 2.25. The Bertz CT molecular complexity index is 1140. The van der Waals surface area contributed by atoms with Crippen molar-refractivity contribution in [2.75, 3.05) is 0 Å². The summed E-state index contributed by atoms with van der Waals surface area (Å²) in [5, 5.41) is 20.5. The van der Waals surface area contributed by atoms with Gasteiger partial charge in [-0.2, -0.15) is 0 Å². The monoisotopic (exact) mass is 1100 g/mol. The summed E-state index contributed by atoms with van der Waals surface area (Å²) < 4.78 is 0. The Labute approximate surface area is 492 Å². The number of aliphatic hydroxyl groups excluding tert-OH is 1. The molecule has 0 radical (unpaired) electrons. The minimum absolute atomic E-state index is 0.584. The van der Waals surface area contributed by atoms with Gasteiger partial charge in [0.15, 0.2) is 0 Å². The average Bonchev–Trinajstić information content (AvgIpc) is 3.44. The van der Waals surface area contributed by atoms with E-state index in [1.165, 1.54) is 385 Å². The van der Waals surface area contributed by atoms with Gasteiger partial charge in [0.2, 0.25) is 0 Å². The average molecular weight is 1100 g/mol. The first kappa shape index (κ1) is 76.9. The lowest BCUT2D eigenvalue weighted by atomic mass is 9.91. The Morgan fingerprint density at radius 2 is 0.397 bits per heavy atom. The van der Waals surface area contributed by atoms with E-state index in [4.69, 9.17) is 0 Å². The Kier molecular flexibility index (Phi) is 69.2. The van der Waals surface area contributed by atoms with Crippen molar-refractivity contribution in [1.29, 1.82) is 0 Å². The summed E-state index contributed by atoms with van der Waals surface area (Å²) in [5.74, 6) is -1.39. The molecule has 0 amide bonds. The molecule has 78 heavy (non-hydrogen) atoms. The molecule has 0 fully saturated rings. The molecule has 0 aromatic rings. The minimum atomic E-state index is -0.801. The van der Waals surface area contributed by atoms with Crippen LogP contribution in [0.5, 0.6) is 0 Å². The number of unbranched alkanes of at least 4 members (excludes halogenated alkanes) is 60. The highest BCUT2D eigenvalue weighted by atomic mass is 16.4. The molecule has 0 aromatic carbocycles. The van der Waals surface area contributed by atoms with Gasteiger partial charge in [0.1, 0.15) is 0 Å². The van der Waals surface area contributed by atoms with E-state index in [1.54, 1.807) is 0 Å². The number of aliphatic hydroxyl groups is 1. The molecular formula is C75H146O3. The van der Waals surface area contributed by atoms with Crippen LogP contribution in [0.1, 0.15) is 438 Å². The van der Waals surface area contributed by atoms with E-state index in [9.17, 15) is 15.0 Å². The van der Waals surface area contributed by atoms with E-state index in [2.05, 4.69) is 38.2 Å². The lowest BCUT2D eigenvalue weighted by molar-refractivity contribution is -0.146. The number of hydrogen-bond acceptors (Lipinski definition) is 2. The molecule has 3 heteroatoms. The number of allylic oxidation sites excluding steroid dienone is 4. The van der Waals surface area contributed by atoms with Crippen LogP contribution in [0.4, 0.5) is 0 Å². The highest BCUT2D eigenvalue weighted by Crippen LogP contribution is 2.23. The number of carboxylic acids is 1. The molecule has 0 bridgehead atoms. The van der Waals surface area contributed by atoms with E-state index in [1.807, 2.05) is 0 Å². The second-order valence-electron chi connectivity index (χ2n) is 25.7. The Hall–Kier alpha value is -1.09. The molecule has 0 aliphatic rings. The maximum Gasteiger partial charge on any atom is 0.309 e. The summed E-state index contributed by atoms with van der Waals surface area (Å²) in [7, 11) is 0. The molecule has 464 valence electrons. The van der Waals surface area contributed by atoms with Crippen molar-refractivity contribution in [2.24, 2.45) is 5.92 Å². The van der Waals surface area contributed by atoms with Gasteiger partial charge in [-0.15, -0.1) is 0 Å².